The Morgan fingerprint density at radius 3 is 2.56 bits per heavy atom. The lowest BCUT2D eigenvalue weighted by atomic mass is 9.89. The molecule has 0 aliphatic carbocycles. The van der Waals surface area contributed by atoms with Gasteiger partial charge in [-0.25, -0.2) is 27.6 Å². The highest BCUT2D eigenvalue weighted by Crippen LogP contribution is 2.42. The van der Waals surface area contributed by atoms with Crippen LogP contribution < -0.4 is 5.32 Å². The van der Waals surface area contributed by atoms with Crippen LogP contribution in [-0.2, 0) is 45.4 Å². The summed E-state index contributed by atoms with van der Waals surface area (Å²) in [6.07, 6.45) is 6.46. The first-order chi connectivity index (χ1) is 26.4. The molecule has 0 spiro atoms. The summed E-state index contributed by atoms with van der Waals surface area (Å²) in [4.78, 5) is 43.2. The first-order valence-corrected chi connectivity index (χ1v) is 18.0. The van der Waals surface area contributed by atoms with Gasteiger partial charge in [0, 0.05) is 42.0 Å². The average molecular weight is 787 g/mol. The lowest BCUT2D eigenvalue weighted by Gasteiger charge is -2.40. The van der Waals surface area contributed by atoms with E-state index in [2.05, 4.69) is 15.4 Å². The molecule has 0 bridgehead atoms. The molecule has 1 amide bonds. The molecule has 3 aromatic rings. The van der Waals surface area contributed by atoms with Crippen molar-refractivity contribution in [3.8, 4) is 6.07 Å². The summed E-state index contributed by atoms with van der Waals surface area (Å²) in [5.41, 5.74) is -1.58. The molecule has 1 aliphatic heterocycles. The number of carbonyl (C=O) groups is 3. The minimum atomic E-state index is -1.90. The lowest BCUT2D eigenvalue weighted by Crippen LogP contribution is -2.47. The number of thioether (sulfide) groups is 1. The van der Waals surface area contributed by atoms with Crippen molar-refractivity contribution in [2.45, 2.75) is 48.7 Å². The van der Waals surface area contributed by atoms with Crippen LogP contribution in [0.25, 0.3) is 6.08 Å². The third kappa shape index (κ3) is 13.2. The van der Waals surface area contributed by atoms with Crippen LogP contribution in [0.3, 0.4) is 0 Å². The van der Waals surface area contributed by atoms with Crippen LogP contribution in [0.1, 0.15) is 36.5 Å². The van der Waals surface area contributed by atoms with E-state index in [9.17, 15) is 23.2 Å². The Morgan fingerprint density at radius 2 is 1.89 bits per heavy atom. The van der Waals surface area contributed by atoms with Gasteiger partial charge in [0.15, 0.2) is 11.9 Å². The van der Waals surface area contributed by atoms with Crippen LogP contribution in [0, 0.1) is 28.8 Å². The van der Waals surface area contributed by atoms with E-state index in [1.807, 2.05) is 25.1 Å². The van der Waals surface area contributed by atoms with Crippen LogP contribution >= 0.6 is 11.8 Å². The van der Waals surface area contributed by atoms with E-state index < -0.39 is 53.5 Å². The van der Waals surface area contributed by atoms with Crippen molar-refractivity contribution in [2.24, 2.45) is 0 Å². The van der Waals surface area contributed by atoms with E-state index in [4.69, 9.17) is 28.9 Å². The van der Waals surface area contributed by atoms with Crippen molar-refractivity contribution in [3.05, 3.63) is 101 Å². The number of rotatable bonds is 18. The van der Waals surface area contributed by atoms with E-state index in [1.54, 1.807) is 25.2 Å². The zero-order valence-electron chi connectivity index (χ0n) is 30.4. The SMILES string of the molecule is CC(SC1COC(C=CC=Cc2ccc(C#N)cc2F)OC1)C(Cn1cncn1)(OC(=O)OCOC(=O)CCC(=O)NCCN(C)C)c1ccc(F)cc1F. The fraction of sp³-hybridized carbons (Fsp3) is 0.405. The van der Waals surface area contributed by atoms with Gasteiger partial charge in [0.25, 0.3) is 0 Å². The molecular weight excluding hydrogens is 746 g/mol. The minimum Gasteiger partial charge on any atom is -0.428 e. The van der Waals surface area contributed by atoms with Gasteiger partial charge >= 0.3 is 12.1 Å². The zero-order valence-corrected chi connectivity index (χ0v) is 31.2. The van der Waals surface area contributed by atoms with Crippen LogP contribution in [0.2, 0.25) is 0 Å². The number of carbonyl (C=O) groups excluding carboxylic acids is 3. The Morgan fingerprint density at radius 1 is 1.11 bits per heavy atom. The molecule has 0 radical (unpaired) electrons. The van der Waals surface area contributed by atoms with E-state index in [-0.39, 0.29) is 54.9 Å². The molecule has 2 heterocycles. The van der Waals surface area contributed by atoms with Crippen LogP contribution in [0.15, 0.2) is 67.3 Å². The van der Waals surface area contributed by atoms with Gasteiger partial charge in [-0.2, -0.15) is 10.4 Å². The molecule has 1 aliphatic rings. The molecule has 2 atom stereocenters. The summed E-state index contributed by atoms with van der Waals surface area (Å²) in [6, 6.07) is 8.86. The number of nitrogens with zero attached hydrogens (tertiary/aromatic N) is 5. The third-order valence-corrected chi connectivity index (χ3v) is 9.53. The van der Waals surface area contributed by atoms with Crippen molar-refractivity contribution >= 4 is 35.9 Å². The number of nitriles is 1. The molecule has 2 unspecified atom stereocenters. The van der Waals surface area contributed by atoms with Crippen LogP contribution in [0.5, 0.6) is 0 Å². The van der Waals surface area contributed by atoms with E-state index in [0.717, 1.165) is 18.2 Å². The van der Waals surface area contributed by atoms with E-state index in [0.29, 0.717) is 24.7 Å². The summed E-state index contributed by atoms with van der Waals surface area (Å²) < 4.78 is 72.8. The number of likely N-dealkylation sites (N-methyl/N-ethyl adjacent to an activating group) is 1. The topological polar surface area (TPSA) is 167 Å². The van der Waals surface area contributed by atoms with Gasteiger partial charge in [-0.1, -0.05) is 24.3 Å². The molecule has 294 valence electrons. The lowest BCUT2D eigenvalue weighted by molar-refractivity contribution is -0.156. The number of allylic oxidation sites excluding steroid dienone is 2. The standard InChI is InChI=1S/C37H41F3N6O8S/c1-25(55-29-19-50-35(51-20-29)7-5-4-6-27-9-8-26(18-41)16-31(27)39)37(21-46-23-42-22-44-46,30-11-10-28(38)17-32(30)40)54-36(49)53-24-52-34(48)13-12-33(47)43-14-15-45(2)3/h4-11,16-17,22-23,25,29,35H,12-15,19-21,24H2,1-3H3,(H,43,47). The second-order valence-electron chi connectivity index (χ2n) is 12.4. The fourth-order valence-electron chi connectivity index (χ4n) is 5.24. The Labute approximate surface area is 320 Å². The Kier molecular flexibility index (Phi) is 16.3. The van der Waals surface area contributed by atoms with Crippen LogP contribution in [0.4, 0.5) is 18.0 Å². The predicted molar refractivity (Wildman–Crippen MR) is 193 cm³/mol. The summed E-state index contributed by atoms with van der Waals surface area (Å²) in [5, 5.41) is 14.5. The van der Waals surface area contributed by atoms with Crippen molar-refractivity contribution in [3.63, 3.8) is 0 Å². The second kappa shape index (κ2) is 21.0. The number of nitrogens with one attached hydrogen (secondary N) is 1. The number of amides is 1. The molecule has 2 aromatic carbocycles. The summed E-state index contributed by atoms with van der Waals surface area (Å²) in [5.74, 6) is -3.56. The van der Waals surface area contributed by atoms with Gasteiger partial charge < -0.3 is 33.9 Å². The smallest absolute Gasteiger partial charge is 0.428 e. The molecule has 4 rings (SSSR count). The maximum Gasteiger partial charge on any atom is 0.512 e. The number of benzene rings is 2. The average Bonchev–Trinajstić information content (AvgIpc) is 3.66. The monoisotopic (exact) mass is 786 g/mol. The molecule has 1 saturated heterocycles. The highest BCUT2D eigenvalue weighted by molar-refractivity contribution is 8.00. The first kappa shape index (κ1) is 42.5. The molecule has 14 nitrogen and oxygen atoms in total. The maximum atomic E-state index is 15.6. The van der Waals surface area contributed by atoms with Gasteiger partial charge in [-0.15, -0.1) is 11.8 Å². The fourth-order valence-corrected chi connectivity index (χ4v) is 6.60. The normalized spacial score (nSPS) is 17.4. The first-order valence-electron chi connectivity index (χ1n) is 17.0. The highest BCUT2D eigenvalue weighted by Gasteiger charge is 2.47. The highest BCUT2D eigenvalue weighted by atomic mass is 32.2. The van der Waals surface area contributed by atoms with Crippen LogP contribution in [-0.4, -0.2) is 102 Å². The largest absolute Gasteiger partial charge is 0.512 e. The molecule has 1 N–H and O–H groups in total. The van der Waals surface area contributed by atoms with Crippen molar-refractivity contribution in [1.82, 2.24) is 25.0 Å². The zero-order chi connectivity index (χ0) is 39.8. The minimum absolute atomic E-state index is 0.139. The second-order valence-corrected chi connectivity index (χ2v) is 14.1. The number of hydrogen-bond donors (Lipinski definition) is 1. The maximum absolute atomic E-state index is 15.6. The predicted octanol–water partition coefficient (Wildman–Crippen LogP) is 4.71. The molecule has 55 heavy (non-hydrogen) atoms. The Hall–Kier alpha value is -5.22. The van der Waals surface area contributed by atoms with Gasteiger partial charge in [-0.05, 0) is 51.4 Å². The van der Waals surface area contributed by atoms with Gasteiger partial charge in [0.05, 0.1) is 43.1 Å². The molecule has 1 fully saturated rings. The number of aromatic nitrogens is 3. The molecule has 1 aromatic heterocycles. The van der Waals surface area contributed by atoms with Gasteiger partial charge in [0.2, 0.25) is 12.7 Å². The van der Waals surface area contributed by atoms with Gasteiger partial charge in [-0.3, -0.25) is 9.59 Å². The molecule has 0 saturated carbocycles. The molecule has 18 heteroatoms. The number of esters is 1. The Balaban J connectivity index is 1.41. The van der Waals surface area contributed by atoms with E-state index >= 15 is 4.39 Å². The van der Waals surface area contributed by atoms with Crippen molar-refractivity contribution < 1.29 is 51.2 Å². The third-order valence-electron chi connectivity index (χ3n) is 8.08. The number of hydrogen-bond acceptors (Lipinski definition) is 13. The van der Waals surface area contributed by atoms with Crippen molar-refractivity contribution in [1.29, 1.82) is 5.26 Å². The summed E-state index contributed by atoms with van der Waals surface area (Å²) in [7, 11) is 3.71. The molecular formula is C37H41F3N6O8S. The van der Waals surface area contributed by atoms with Gasteiger partial charge in [0.1, 0.15) is 30.1 Å². The number of ether oxygens (including phenoxy) is 5. The summed E-state index contributed by atoms with van der Waals surface area (Å²) in [6.45, 7) is 1.88. The van der Waals surface area contributed by atoms with E-state index in [1.165, 1.54) is 47.3 Å². The quantitative estimate of drug-likeness (QED) is 0.107. The number of halogens is 3. The summed E-state index contributed by atoms with van der Waals surface area (Å²) >= 11 is 1.24. The van der Waals surface area contributed by atoms with Crippen molar-refractivity contribution in [2.75, 3.05) is 47.2 Å². The Bertz CT molecular complexity index is 1850.